The van der Waals surface area contributed by atoms with Crippen molar-refractivity contribution in [2.75, 3.05) is 18.6 Å². The fourth-order valence-corrected chi connectivity index (χ4v) is 4.94. The zero-order chi connectivity index (χ0) is 18.9. The summed E-state index contributed by atoms with van der Waals surface area (Å²) in [4.78, 5) is 13.5. The third-order valence-corrected chi connectivity index (χ3v) is 6.16. The normalized spacial score (nSPS) is 13.6. The molecule has 3 rings (SSSR count). The van der Waals surface area contributed by atoms with Crippen LogP contribution in [0.1, 0.15) is 18.1 Å². The van der Waals surface area contributed by atoms with Crippen molar-refractivity contribution in [3.05, 3.63) is 52.0 Å². The average Bonchev–Trinajstić information content (AvgIpc) is 3.03. The van der Waals surface area contributed by atoms with Crippen LogP contribution in [0.4, 0.5) is 5.69 Å². The summed E-state index contributed by atoms with van der Waals surface area (Å²) in [5.41, 5.74) is 2.13. The lowest BCUT2D eigenvalue weighted by Gasteiger charge is -2.19. The highest BCUT2D eigenvalue weighted by molar-refractivity contribution is 9.10. The van der Waals surface area contributed by atoms with Crippen LogP contribution in [0.2, 0.25) is 0 Å². The summed E-state index contributed by atoms with van der Waals surface area (Å²) < 4.78 is 34.2. The second-order valence-electron chi connectivity index (χ2n) is 6.00. The number of fused-ring (bicyclic) bond motifs is 1. The van der Waals surface area contributed by atoms with Crippen molar-refractivity contribution in [3.8, 4) is 5.75 Å². The Balaban J connectivity index is 1.90. The van der Waals surface area contributed by atoms with Crippen molar-refractivity contribution < 1.29 is 17.9 Å². The molecule has 0 aromatic heterocycles. The average molecular weight is 439 g/mol. The van der Waals surface area contributed by atoms with E-state index in [-0.39, 0.29) is 17.3 Å². The molecule has 0 saturated carbocycles. The topological polar surface area (TPSA) is 75.7 Å². The summed E-state index contributed by atoms with van der Waals surface area (Å²) in [6.07, 6.45) is 0.634. The molecule has 0 atom stereocenters. The minimum Gasteiger partial charge on any atom is -0.497 e. The van der Waals surface area contributed by atoms with Gasteiger partial charge in [0.25, 0.3) is 0 Å². The highest BCUT2D eigenvalue weighted by Crippen LogP contribution is 2.37. The van der Waals surface area contributed by atoms with E-state index < -0.39 is 10.0 Å². The summed E-state index contributed by atoms with van der Waals surface area (Å²) >= 11 is 3.37. The van der Waals surface area contributed by atoms with Gasteiger partial charge in [-0.1, -0.05) is 28.1 Å². The Morgan fingerprint density at radius 3 is 2.58 bits per heavy atom. The Kier molecular flexibility index (Phi) is 5.36. The molecule has 1 N–H and O–H groups in total. The van der Waals surface area contributed by atoms with E-state index in [1.807, 2.05) is 6.07 Å². The number of anilines is 1. The van der Waals surface area contributed by atoms with E-state index in [1.54, 1.807) is 31.4 Å². The number of carbonyl (C=O) groups is 1. The molecule has 8 heteroatoms. The molecule has 2 aromatic rings. The Bertz CT molecular complexity index is 942. The summed E-state index contributed by atoms with van der Waals surface area (Å²) in [6, 6.07) is 10.6. The third kappa shape index (κ3) is 3.77. The molecule has 26 heavy (non-hydrogen) atoms. The van der Waals surface area contributed by atoms with Gasteiger partial charge in [-0.3, -0.25) is 4.79 Å². The maximum absolute atomic E-state index is 12.9. The summed E-state index contributed by atoms with van der Waals surface area (Å²) in [7, 11) is -2.22. The first-order chi connectivity index (χ1) is 12.3. The van der Waals surface area contributed by atoms with Gasteiger partial charge in [-0.05, 0) is 41.8 Å². The van der Waals surface area contributed by atoms with Gasteiger partial charge in [-0.15, -0.1) is 0 Å². The molecule has 1 aliphatic heterocycles. The molecule has 0 bridgehead atoms. The molecule has 0 fully saturated rings. The van der Waals surface area contributed by atoms with Gasteiger partial charge in [-0.25, -0.2) is 13.1 Å². The molecule has 0 spiro atoms. The van der Waals surface area contributed by atoms with Crippen molar-refractivity contribution in [2.45, 2.75) is 24.8 Å². The quantitative estimate of drug-likeness (QED) is 0.778. The summed E-state index contributed by atoms with van der Waals surface area (Å²) in [5, 5.41) is 0. The Hall–Kier alpha value is -1.90. The summed E-state index contributed by atoms with van der Waals surface area (Å²) in [6.45, 7) is 2.08. The van der Waals surface area contributed by atoms with Crippen molar-refractivity contribution in [1.82, 2.24) is 4.72 Å². The predicted molar refractivity (Wildman–Crippen MR) is 103 cm³/mol. The molecule has 1 aliphatic rings. The highest BCUT2D eigenvalue weighted by atomic mass is 79.9. The van der Waals surface area contributed by atoms with E-state index in [4.69, 9.17) is 4.74 Å². The SMILES string of the molecule is COc1ccc(CNS(=O)(=O)c2cc(Br)cc3c2N(C(C)=O)CC3)cc1. The number of benzene rings is 2. The van der Waals surface area contributed by atoms with Gasteiger partial charge in [0.15, 0.2) is 0 Å². The molecule has 1 heterocycles. The number of hydrogen-bond acceptors (Lipinski definition) is 4. The van der Waals surface area contributed by atoms with Crippen molar-refractivity contribution in [3.63, 3.8) is 0 Å². The Labute approximate surface area is 161 Å². The molecule has 2 aromatic carbocycles. The lowest BCUT2D eigenvalue weighted by Crippen LogP contribution is -2.30. The number of nitrogens with zero attached hydrogens (tertiary/aromatic N) is 1. The van der Waals surface area contributed by atoms with Gasteiger partial charge in [0.05, 0.1) is 12.8 Å². The van der Waals surface area contributed by atoms with Gasteiger partial charge < -0.3 is 9.64 Å². The van der Waals surface area contributed by atoms with E-state index in [0.717, 1.165) is 11.1 Å². The van der Waals surface area contributed by atoms with E-state index in [2.05, 4.69) is 20.7 Å². The molecule has 0 aliphatic carbocycles. The first kappa shape index (κ1) is 18.9. The van der Waals surface area contributed by atoms with Crippen LogP contribution in [-0.4, -0.2) is 28.0 Å². The number of rotatable bonds is 5. The number of nitrogens with one attached hydrogen (secondary N) is 1. The second kappa shape index (κ2) is 7.38. The Morgan fingerprint density at radius 1 is 1.27 bits per heavy atom. The monoisotopic (exact) mass is 438 g/mol. The van der Waals surface area contributed by atoms with Crippen LogP contribution >= 0.6 is 15.9 Å². The minimum absolute atomic E-state index is 0.114. The zero-order valence-electron chi connectivity index (χ0n) is 14.5. The number of carbonyl (C=O) groups excluding carboxylic acids is 1. The smallest absolute Gasteiger partial charge is 0.242 e. The van der Waals surface area contributed by atoms with Crippen LogP contribution in [0.5, 0.6) is 5.75 Å². The number of ether oxygens (including phenoxy) is 1. The van der Waals surface area contributed by atoms with E-state index in [0.29, 0.717) is 28.9 Å². The van der Waals surface area contributed by atoms with Crippen LogP contribution in [0.15, 0.2) is 45.8 Å². The number of methoxy groups -OCH3 is 1. The number of amides is 1. The largest absolute Gasteiger partial charge is 0.497 e. The van der Waals surface area contributed by atoms with Gasteiger partial charge in [0.2, 0.25) is 15.9 Å². The Morgan fingerprint density at radius 2 is 1.96 bits per heavy atom. The third-order valence-electron chi connectivity index (χ3n) is 4.29. The number of sulfonamides is 1. The van der Waals surface area contributed by atoms with Gasteiger partial charge in [0.1, 0.15) is 10.6 Å². The molecule has 1 amide bonds. The highest BCUT2D eigenvalue weighted by Gasteiger charge is 2.31. The number of hydrogen-bond donors (Lipinski definition) is 1. The molecule has 138 valence electrons. The van der Waals surface area contributed by atoms with E-state index >= 15 is 0 Å². The maximum atomic E-state index is 12.9. The molecule has 0 radical (unpaired) electrons. The standard InChI is InChI=1S/C18H19BrN2O4S/c1-12(22)21-8-7-14-9-15(19)10-17(18(14)21)26(23,24)20-11-13-3-5-16(25-2)6-4-13/h3-6,9-10,20H,7-8,11H2,1-2H3. The van der Waals surface area contributed by atoms with Crippen molar-refractivity contribution in [2.24, 2.45) is 0 Å². The van der Waals surface area contributed by atoms with Crippen LogP contribution in [0, 0.1) is 0 Å². The maximum Gasteiger partial charge on any atom is 0.242 e. The van der Waals surface area contributed by atoms with Crippen LogP contribution < -0.4 is 14.4 Å². The fourth-order valence-electron chi connectivity index (χ4n) is 2.99. The fraction of sp³-hybridized carbons (Fsp3) is 0.278. The lowest BCUT2D eigenvalue weighted by molar-refractivity contribution is -0.116. The van der Waals surface area contributed by atoms with Crippen LogP contribution in [0.3, 0.4) is 0 Å². The molecular formula is C18H19BrN2O4S. The molecule has 0 unspecified atom stereocenters. The van der Waals surface area contributed by atoms with Crippen LogP contribution in [-0.2, 0) is 27.8 Å². The van der Waals surface area contributed by atoms with Gasteiger partial charge >= 0.3 is 0 Å². The molecular weight excluding hydrogens is 420 g/mol. The molecule has 6 nitrogen and oxygen atoms in total. The van der Waals surface area contributed by atoms with Gasteiger partial charge in [-0.2, -0.15) is 0 Å². The van der Waals surface area contributed by atoms with Crippen LogP contribution in [0.25, 0.3) is 0 Å². The first-order valence-corrected chi connectivity index (χ1v) is 10.3. The second-order valence-corrected chi connectivity index (χ2v) is 8.66. The van der Waals surface area contributed by atoms with Gasteiger partial charge in [0, 0.05) is 24.5 Å². The zero-order valence-corrected chi connectivity index (χ0v) is 16.9. The van der Waals surface area contributed by atoms with E-state index in [9.17, 15) is 13.2 Å². The van der Waals surface area contributed by atoms with Crippen molar-refractivity contribution in [1.29, 1.82) is 0 Å². The molecule has 0 saturated heterocycles. The van der Waals surface area contributed by atoms with E-state index in [1.165, 1.54) is 17.9 Å². The summed E-state index contributed by atoms with van der Waals surface area (Å²) in [5.74, 6) is 0.538. The lowest BCUT2D eigenvalue weighted by atomic mass is 10.2. The predicted octanol–water partition coefficient (Wildman–Crippen LogP) is 2.85. The number of halogens is 1. The van der Waals surface area contributed by atoms with Crippen molar-refractivity contribution >= 4 is 37.5 Å². The minimum atomic E-state index is -3.79. The first-order valence-electron chi connectivity index (χ1n) is 8.05.